The van der Waals surface area contributed by atoms with Crippen molar-refractivity contribution >= 4 is 40.3 Å². The molecule has 104 heavy (non-hydrogen) atoms. The minimum atomic E-state index is -0.592. The Morgan fingerprint density at radius 2 is 0.837 bits per heavy atom. The first-order valence-corrected chi connectivity index (χ1v) is 38.8. The fraction of sp³-hybridized carbons (Fsp3) is 0.600. The molecule has 9 aromatic rings. The van der Waals surface area contributed by atoms with Crippen molar-refractivity contribution in [3.05, 3.63) is 114 Å². The summed E-state index contributed by atoms with van der Waals surface area (Å²) in [7, 11) is 5.08. The van der Waals surface area contributed by atoms with E-state index in [4.69, 9.17) is 29.5 Å². The largest absolute Gasteiger partial charge is 0.393 e. The van der Waals surface area contributed by atoms with Crippen LogP contribution in [0.2, 0.25) is 0 Å². The molecule has 6 aliphatic rings. The molecular weight excluding hydrogens is 1310 g/mol. The molecule has 7 N–H and O–H groups in total. The topological polar surface area (TPSA) is 288 Å². The Morgan fingerprint density at radius 3 is 1.17 bits per heavy atom. The van der Waals surface area contributed by atoms with E-state index >= 15 is 0 Å². The van der Waals surface area contributed by atoms with E-state index < -0.39 is 5.54 Å². The molecule has 0 aliphatic heterocycles. The SMILES string of the molecule is COC[C@H](C)Nc1ncc2c(-c3ccnc(CC4CCCC4)c3)cc(C3CCC(O)CC3)n2n1.COC[C@H](C)Nc1ncc2c(-c3ccnc(CC4CCCC4)c3)cc(C3CCC(O)CC3)n2n1.COC[C@H](C)Nc1ncc2c(-c3cnn(C4(C(=O)NC(C)C)CC4)c3)cc(C3CCC(O)CC3)n2n1. The minimum Gasteiger partial charge on any atom is -0.393 e. The number of aliphatic hydroxyl groups excluding tert-OH is 3. The van der Waals surface area contributed by atoms with Crippen molar-refractivity contribution in [2.24, 2.45) is 11.8 Å². The summed E-state index contributed by atoms with van der Waals surface area (Å²) in [6.45, 7) is 11.8. The predicted octanol–water partition coefficient (Wildman–Crippen LogP) is 13.1. The summed E-state index contributed by atoms with van der Waals surface area (Å²) >= 11 is 0. The molecule has 9 aromatic heterocycles. The molecule has 1 amide bonds. The van der Waals surface area contributed by atoms with Gasteiger partial charge >= 0.3 is 0 Å². The summed E-state index contributed by atoms with van der Waals surface area (Å²) in [5, 5.41) is 62.5. The fourth-order valence-electron chi connectivity index (χ4n) is 16.8. The minimum absolute atomic E-state index is 0.0274. The van der Waals surface area contributed by atoms with E-state index in [1.54, 1.807) is 21.3 Å². The van der Waals surface area contributed by atoms with Crippen LogP contribution < -0.4 is 21.3 Å². The van der Waals surface area contributed by atoms with Gasteiger partial charge in [-0.25, -0.2) is 28.5 Å². The van der Waals surface area contributed by atoms with Gasteiger partial charge in [-0.05, 0) is 203 Å². The third kappa shape index (κ3) is 17.8. The molecule has 6 fully saturated rings. The van der Waals surface area contributed by atoms with Crippen LogP contribution in [-0.2, 0) is 37.4 Å². The van der Waals surface area contributed by atoms with Gasteiger partial charge in [0.2, 0.25) is 23.8 Å². The number of aliphatic hydroxyl groups is 3. The van der Waals surface area contributed by atoms with Crippen LogP contribution in [0.5, 0.6) is 0 Å². The summed E-state index contributed by atoms with van der Waals surface area (Å²) in [4.78, 5) is 36.1. The highest BCUT2D eigenvalue weighted by molar-refractivity contribution is 5.88. The van der Waals surface area contributed by atoms with E-state index in [1.165, 1.54) is 85.3 Å². The van der Waals surface area contributed by atoms with Crippen molar-refractivity contribution in [3.8, 4) is 33.4 Å². The van der Waals surface area contributed by atoms with Crippen molar-refractivity contribution in [1.29, 1.82) is 0 Å². The second-order valence-corrected chi connectivity index (χ2v) is 31.2. The van der Waals surface area contributed by atoms with Crippen LogP contribution in [0.15, 0.2) is 85.8 Å². The van der Waals surface area contributed by atoms with Gasteiger partial charge in [0, 0.05) is 133 Å². The van der Waals surface area contributed by atoms with E-state index in [9.17, 15) is 20.1 Å². The molecule has 0 spiro atoms. The monoisotopic (exact) mass is 1420 g/mol. The van der Waals surface area contributed by atoms with Gasteiger partial charge in [0.1, 0.15) is 5.54 Å². The molecule has 15 rings (SSSR count). The Balaban J connectivity index is 0.000000139. The summed E-state index contributed by atoms with van der Waals surface area (Å²) in [6, 6.07) is 15.9. The first-order valence-electron chi connectivity index (χ1n) is 38.8. The molecule has 558 valence electrons. The van der Waals surface area contributed by atoms with E-state index in [0.717, 1.165) is 159 Å². The number of hydrogen-bond acceptors (Lipinski definition) is 19. The predicted molar refractivity (Wildman–Crippen MR) is 405 cm³/mol. The standard InChI is InChI=1S/2C27H37N5O2.C26H37N7O3/c2*1-18(17-34-2)30-27-29-16-26-24(15-25(32(26)31-27)20-7-9-23(33)10-8-20)21-11-12-28-22(14-21)13-19-5-3-4-6-19;1-16(2)29-24(35)26(9-10-26)32-14-19(12-28-32)21-11-22(18-5-7-20(34)8-6-18)33-23(21)13-27-25(31-33)30-17(3)15-36-4/h2*11-12,14-16,18-20,23,33H,3-10,13,17H2,1-2H3,(H,30,31);11-14,16-18,20,34H,5-10,15H2,1-4H3,(H,29,35)(H,30,31)/t2*18-,20?,23?;17-,18?,20?/m000/s1. The fourth-order valence-corrected chi connectivity index (χ4v) is 16.8. The van der Waals surface area contributed by atoms with Crippen LogP contribution in [0.4, 0.5) is 17.8 Å². The number of hydrogen-bond donors (Lipinski definition) is 7. The van der Waals surface area contributed by atoms with E-state index in [1.807, 2.05) is 73.3 Å². The molecule has 0 bridgehead atoms. The Kier molecular flexibility index (Phi) is 24.3. The van der Waals surface area contributed by atoms with Crippen LogP contribution in [0.1, 0.15) is 222 Å². The zero-order valence-electron chi connectivity index (χ0n) is 62.4. The maximum atomic E-state index is 12.9. The molecule has 0 unspecified atom stereocenters. The number of amides is 1. The summed E-state index contributed by atoms with van der Waals surface area (Å²) in [6.07, 6.45) is 37.9. The van der Waals surface area contributed by atoms with Gasteiger partial charge in [-0.15, -0.1) is 15.3 Å². The van der Waals surface area contributed by atoms with Gasteiger partial charge in [0.05, 0.1) is 79.5 Å². The zero-order chi connectivity index (χ0) is 72.4. The number of rotatable bonds is 25. The third-order valence-electron chi connectivity index (χ3n) is 22.5. The molecule has 9 heterocycles. The molecule has 24 nitrogen and oxygen atoms in total. The average molecular weight is 1420 g/mol. The van der Waals surface area contributed by atoms with Crippen molar-refractivity contribution < 1.29 is 34.3 Å². The number of methoxy groups -OCH3 is 3. The smallest absolute Gasteiger partial charge is 0.248 e. The van der Waals surface area contributed by atoms with Gasteiger partial charge < -0.3 is 50.8 Å². The number of anilines is 3. The Morgan fingerprint density at radius 1 is 0.481 bits per heavy atom. The number of pyridine rings is 2. The lowest BCUT2D eigenvalue weighted by Crippen LogP contribution is -2.42. The quantitative estimate of drug-likeness (QED) is 0.0280. The van der Waals surface area contributed by atoms with Gasteiger partial charge in [-0.3, -0.25) is 19.4 Å². The van der Waals surface area contributed by atoms with Crippen LogP contribution in [0.25, 0.3) is 49.9 Å². The normalized spacial score (nSPS) is 22.2. The van der Waals surface area contributed by atoms with Crippen molar-refractivity contribution in [1.82, 2.24) is 68.9 Å². The van der Waals surface area contributed by atoms with Crippen molar-refractivity contribution in [3.63, 3.8) is 0 Å². The number of nitrogens with zero attached hydrogens (tertiary/aromatic N) is 13. The van der Waals surface area contributed by atoms with Crippen LogP contribution >= 0.6 is 0 Å². The molecule has 3 atom stereocenters. The number of ether oxygens (including phenoxy) is 3. The molecule has 6 saturated carbocycles. The number of fused-ring (bicyclic) bond motifs is 3. The number of carbonyl (C=O) groups is 1. The lowest BCUT2D eigenvalue weighted by molar-refractivity contribution is -0.126. The molecular formula is C80H111N17O7. The number of carbonyl (C=O) groups excluding carboxylic acids is 1. The van der Waals surface area contributed by atoms with Crippen LogP contribution in [0.3, 0.4) is 0 Å². The van der Waals surface area contributed by atoms with E-state index in [0.29, 0.717) is 55.4 Å². The zero-order valence-corrected chi connectivity index (χ0v) is 62.4. The van der Waals surface area contributed by atoms with Gasteiger partial charge in [-0.1, -0.05) is 51.4 Å². The summed E-state index contributed by atoms with van der Waals surface area (Å²) < 4.78 is 23.7. The number of nitrogens with one attached hydrogen (secondary N) is 4. The maximum absolute atomic E-state index is 12.9. The third-order valence-corrected chi connectivity index (χ3v) is 22.5. The maximum Gasteiger partial charge on any atom is 0.248 e. The lowest BCUT2D eigenvalue weighted by atomic mass is 9.85. The summed E-state index contributed by atoms with van der Waals surface area (Å²) in [5.41, 5.74) is 14.8. The molecule has 24 heteroatoms. The van der Waals surface area contributed by atoms with Gasteiger partial charge in [-0.2, -0.15) is 5.10 Å². The van der Waals surface area contributed by atoms with Crippen molar-refractivity contribution in [2.75, 3.05) is 57.1 Å². The molecule has 0 saturated heterocycles. The Hall–Kier alpha value is -8.00. The highest BCUT2D eigenvalue weighted by Gasteiger charge is 2.53. The average Bonchev–Trinajstić information content (AvgIpc) is 1.58. The highest BCUT2D eigenvalue weighted by Crippen LogP contribution is 2.46. The molecule has 0 radical (unpaired) electrons. The van der Waals surface area contributed by atoms with Crippen molar-refractivity contribution in [2.45, 2.75) is 254 Å². The van der Waals surface area contributed by atoms with Gasteiger partial charge in [0.15, 0.2) is 0 Å². The summed E-state index contributed by atoms with van der Waals surface area (Å²) in [5.74, 6) is 4.37. The first kappa shape index (κ1) is 74.3. The van der Waals surface area contributed by atoms with Gasteiger partial charge in [0.25, 0.3) is 0 Å². The first-order chi connectivity index (χ1) is 50.5. The molecule has 0 aromatic carbocycles. The Labute approximate surface area is 611 Å². The van der Waals surface area contributed by atoms with Crippen LogP contribution in [0, 0.1) is 11.8 Å². The highest BCUT2D eigenvalue weighted by atomic mass is 16.5. The lowest BCUT2D eigenvalue weighted by Gasteiger charge is -2.25. The molecule has 6 aliphatic carbocycles. The van der Waals surface area contributed by atoms with E-state index in [-0.39, 0.29) is 48.4 Å². The second-order valence-electron chi connectivity index (χ2n) is 31.2. The number of aromatic nitrogens is 13. The second kappa shape index (κ2) is 34.1. The van der Waals surface area contributed by atoms with Crippen LogP contribution in [-0.4, -0.2) is 168 Å². The Bertz CT molecular complexity index is 4100. The van der Waals surface area contributed by atoms with E-state index in [2.05, 4.69) is 117 Å².